The van der Waals surface area contributed by atoms with Gasteiger partial charge in [0.1, 0.15) is 11.4 Å². The van der Waals surface area contributed by atoms with Gasteiger partial charge in [-0.2, -0.15) is 13.2 Å². The van der Waals surface area contributed by atoms with E-state index in [9.17, 15) is 18.0 Å². The normalized spacial score (nSPS) is 15.3. The number of rotatable bonds is 7. The van der Waals surface area contributed by atoms with Crippen LogP contribution in [0.25, 0.3) is 11.0 Å². The second-order valence-electron chi connectivity index (χ2n) is 8.15. The molecule has 0 radical (unpaired) electrons. The lowest BCUT2D eigenvalue weighted by molar-refractivity contribution is -0.141. The number of nitrogens with zero attached hydrogens (tertiary/aromatic N) is 4. The monoisotopic (exact) mass is 497 g/mol. The lowest BCUT2D eigenvalue weighted by Gasteiger charge is -2.32. The standard InChI is InChI=1S/C23H26F3N5O2.ClH/c1-33-18-12-20-19(28-15-18)3-5-22(32)31(20)11-10-30-8-6-17(7-9-30)27-13-16-2-4-21(29-14-16)23(24,25)26;/h2-5,12,14-15,17,27H,6-11,13H2,1H3;1H. The van der Waals surface area contributed by atoms with E-state index in [-0.39, 0.29) is 24.0 Å². The predicted molar refractivity (Wildman–Crippen MR) is 125 cm³/mol. The lowest BCUT2D eigenvalue weighted by atomic mass is 10.0. The second-order valence-corrected chi connectivity index (χ2v) is 8.15. The molecule has 1 aliphatic rings. The molecule has 0 unspecified atom stereocenters. The minimum absolute atomic E-state index is 0. The van der Waals surface area contributed by atoms with Crippen molar-refractivity contribution < 1.29 is 17.9 Å². The average Bonchev–Trinajstić information content (AvgIpc) is 2.82. The zero-order valence-electron chi connectivity index (χ0n) is 18.7. The first-order valence-electron chi connectivity index (χ1n) is 10.8. The number of alkyl halides is 3. The fourth-order valence-corrected chi connectivity index (χ4v) is 4.05. The molecule has 0 amide bonds. The third-order valence-electron chi connectivity index (χ3n) is 5.99. The van der Waals surface area contributed by atoms with Gasteiger partial charge in [-0.15, -0.1) is 12.4 Å². The summed E-state index contributed by atoms with van der Waals surface area (Å²) in [6.07, 6.45) is 0.340. The summed E-state index contributed by atoms with van der Waals surface area (Å²) in [5.74, 6) is 0.608. The van der Waals surface area contributed by atoms with Crippen molar-refractivity contribution in [3.63, 3.8) is 0 Å². The number of ether oxygens (including phenoxy) is 1. The summed E-state index contributed by atoms with van der Waals surface area (Å²) >= 11 is 0. The van der Waals surface area contributed by atoms with Gasteiger partial charge in [0, 0.05) is 44.0 Å². The second kappa shape index (κ2) is 11.2. The van der Waals surface area contributed by atoms with E-state index in [4.69, 9.17) is 4.74 Å². The summed E-state index contributed by atoms with van der Waals surface area (Å²) in [5.41, 5.74) is 1.28. The topological polar surface area (TPSA) is 72.3 Å². The highest BCUT2D eigenvalue weighted by Gasteiger charge is 2.32. The average molecular weight is 498 g/mol. The molecule has 1 saturated heterocycles. The molecule has 34 heavy (non-hydrogen) atoms. The van der Waals surface area contributed by atoms with Crippen LogP contribution < -0.4 is 15.6 Å². The predicted octanol–water partition coefficient (Wildman–Crippen LogP) is 3.49. The maximum atomic E-state index is 12.6. The van der Waals surface area contributed by atoms with Crippen LogP contribution in [0.5, 0.6) is 5.75 Å². The number of methoxy groups -OCH3 is 1. The van der Waals surface area contributed by atoms with Crippen molar-refractivity contribution >= 4 is 23.4 Å². The Morgan fingerprint density at radius 2 is 1.85 bits per heavy atom. The van der Waals surface area contributed by atoms with E-state index in [0.717, 1.165) is 55.1 Å². The molecule has 7 nitrogen and oxygen atoms in total. The SMILES string of the molecule is COc1cnc2ccc(=O)n(CCN3CCC(NCc4ccc(C(F)(F)F)nc4)CC3)c2c1.Cl. The van der Waals surface area contributed by atoms with Crippen molar-refractivity contribution in [1.29, 1.82) is 0 Å². The van der Waals surface area contributed by atoms with Crippen molar-refractivity contribution in [3.05, 3.63) is 64.3 Å². The van der Waals surface area contributed by atoms with E-state index in [2.05, 4.69) is 20.2 Å². The van der Waals surface area contributed by atoms with Crippen LogP contribution >= 0.6 is 12.4 Å². The Labute approximate surface area is 201 Å². The maximum absolute atomic E-state index is 12.6. The molecular weight excluding hydrogens is 471 g/mol. The van der Waals surface area contributed by atoms with E-state index in [0.29, 0.717) is 18.8 Å². The Morgan fingerprint density at radius 1 is 1.09 bits per heavy atom. The molecular formula is C23H27ClF3N5O2. The number of hydrogen-bond donors (Lipinski definition) is 1. The molecule has 0 spiro atoms. The largest absolute Gasteiger partial charge is 0.495 e. The number of halogens is 4. The van der Waals surface area contributed by atoms with Crippen LogP contribution in [0.3, 0.4) is 0 Å². The number of aromatic nitrogens is 3. The molecule has 0 bridgehead atoms. The van der Waals surface area contributed by atoms with Crippen LogP contribution in [0.15, 0.2) is 47.5 Å². The number of likely N-dealkylation sites (tertiary alicyclic amines) is 1. The summed E-state index contributed by atoms with van der Waals surface area (Å²) in [4.78, 5) is 22.6. The first-order valence-corrected chi connectivity index (χ1v) is 10.8. The molecule has 1 fully saturated rings. The van der Waals surface area contributed by atoms with Crippen molar-refractivity contribution in [2.75, 3.05) is 26.7 Å². The van der Waals surface area contributed by atoms with Crippen molar-refractivity contribution in [1.82, 2.24) is 24.8 Å². The van der Waals surface area contributed by atoms with Crippen molar-refractivity contribution in [2.24, 2.45) is 0 Å². The summed E-state index contributed by atoms with van der Waals surface area (Å²) in [5, 5.41) is 3.41. The van der Waals surface area contributed by atoms with Gasteiger partial charge in [0.05, 0.1) is 24.3 Å². The first kappa shape index (κ1) is 25.9. The molecule has 11 heteroatoms. The zero-order valence-corrected chi connectivity index (χ0v) is 19.5. The minimum atomic E-state index is -4.42. The van der Waals surface area contributed by atoms with Crippen LogP contribution in [0, 0.1) is 0 Å². The summed E-state index contributed by atoms with van der Waals surface area (Å²) in [7, 11) is 1.57. The van der Waals surface area contributed by atoms with Crippen molar-refractivity contribution in [3.8, 4) is 5.75 Å². The summed E-state index contributed by atoms with van der Waals surface area (Å²) in [6, 6.07) is 7.85. The molecule has 1 aliphatic heterocycles. The van der Waals surface area contributed by atoms with Crippen LogP contribution in [0.4, 0.5) is 13.2 Å². The lowest BCUT2D eigenvalue weighted by Crippen LogP contribution is -2.43. The molecule has 0 atom stereocenters. The number of fused-ring (bicyclic) bond motifs is 1. The Hall–Kier alpha value is -2.69. The third kappa shape index (κ3) is 6.25. The maximum Gasteiger partial charge on any atom is 0.433 e. The third-order valence-corrected chi connectivity index (χ3v) is 5.99. The van der Waals surface area contributed by atoms with Gasteiger partial charge in [-0.25, -0.2) is 0 Å². The van der Waals surface area contributed by atoms with E-state index in [1.54, 1.807) is 23.9 Å². The Bertz CT molecular complexity index is 1150. The van der Waals surface area contributed by atoms with Gasteiger partial charge in [-0.05, 0) is 43.6 Å². The van der Waals surface area contributed by atoms with E-state index >= 15 is 0 Å². The molecule has 184 valence electrons. The van der Waals surface area contributed by atoms with Crippen LogP contribution in [0.2, 0.25) is 0 Å². The molecule has 3 aromatic heterocycles. The fraction of sp³-hybridized carbons (Fsp3) is 0.435. The smallest absolute Gasteiger partial charge is 0.433 e. The van der Waals surface area contributed by atoms with Crippen LogP contribution in [0.1, 0.15) is 24.1 Å². The van der Waals surface area contributed by atoms with Crippen molar-refractivity contribution in [2.45, 2.75) is 38.1 Å². The van der Waals surface area contributed by atoms with E-state index < -0.39 is 11.9 Å². The number of pyridine rings is 3. The highest BCUT2D eigenvalue weighted by molar-refractivity contribution is 5.85. The fourth-order valence-electron chi connectivity index (χ4n) is 4.05. The Morgan fingerprint density at radius 3 is 2.50 bits per heavy atom. The zero-order chi connectivity index (χ0) is 23.4. The van der Waals surface area contributed by atoms with Crippen LogP contribution in [-0.4, -0.2) is 52.2 Å². The molecule has 4 heterocycles. The minimum Gasteiger partial charge on any atom is -0.495 e. The molecule has 4 rings (SSSR count). The molecule has 1 N–H and O–H groups in total. The van der Waals surface area contributed by atoms with E-state index in [1.807, 2.05) is 6.07 Å². The molecule has 0 aliphatic carbocycles. The number of nitrogens with one attached hydrogen (secondary N) is 1. The highest BCUT2D eigenvalue weighted by atomic mass is 35.5. The first-order chi connectivity index (χ1) is 15.8. The Kier molecular flexibility index (Phi) is 8.51. The van der Waals surface area contributed by atoms with Gasteiger partial charge >= 0.3 is 6.18 Å². The van der Waals surface area contributed by atoms with Crippen LogP contribution in [-0.2, 0) is 19.3 Å². The molecule has 0 saturated carbocycles. The van der Waals surface area contributed by atoms with Gasteiger partial charge in [0.15, 0.2) is 0 Å². The Balaban J connectivity index is 0.00000324. The van der Waals surface area contributed by atoms with Gasteiger partial charge < -0.3 is 19.5 Å². The highest BCUT2D eigenvalue weighted by Crippen LogP contribution is 2.27. The molecule has 3 aromatic rings. The van der Waals surface area contributed by atoms with Gasteiger partial charge in [0.25, 0.3) is 5.56 Å². The van der Waals surface area contributed by atoms with Gasteiger partial charge in [-0.3, -0.25) is 14.8 Å². The summed E-state index contributed by atoms with van der Waals surface area (Å²) in [6.45, 7) is 3.54. The molecule has 0 aromatic carbocycles. The van der Waals surface area contributed by atoms with Gasteiger partial charge in [0.2, 0.25) is 0 Å². The van der Waals surface area contributed by atoms with E-state index in [1.165, 1.54) is 18.3 Å². The summed E-state index contributed by atoms with van der Waals surface area (Å²) < 4.78 is 44.9. The number of piperidine rings is 1. The quantitative estimate of drug-likeness (QED) is 0.539. The van der Waals surface area contributed by atoms with Gasteiger partial charge in [-0.1, -0.05) is 6.07 Å². The number of hydrogen-bond acceptors (Lipinski definition) is 6.